The van der Waals surface area contributed by atoms with Crippen LogP contribution < -0.4 is 22.0 Å². The number of hydrogen-bond donors (Lipinski definition) is 3. The Morgan fingerprint density at radius 1 is 1.60 bits per heavy atom. The van der Waals surface area contributed by atoms with Crippen LogP contribution in [0.15, 0.2) is 23.4 Å². The predicted molar refractivity (Wildman–Crippen MR) is 62.4 cm³/mol. The molecular weight excluding hydrogens is 192 g/mol. The summed E-state index contributed by atoms with van der Waals surface area (Å²) in [6, 6.07) is 3.70. The molecule has 6 nitrogen and oxygen atoms in total. The van der Waals surface area contributed by atoms with Gasteiger partial charge in [0.2, 0.25) is 0 Å². The molecule has 1 aromatic heterocycles. The number of nitrogens with zero attached hydrogens (tertiary/aromatic N) is 3. The molecule has 0 atom stereocenters. The lowest BCUT2D eigenvalue weighted by Gasteiger charge is -2.16. The Labute approximate surface area is 88.9 Å². The first kappa shape index (κ1) is 11.3. The van der Waals surface area contributed by atoms with E-state index in [0.717, 1.165) is 12.2 Å². The van der Waals surface area contributed by atoms with E-state index in [1.165, 1.54) is 5.01 Å². The third-order valence-electron chi connectivity index (χ3n) is 1.91. The van der Waals surface area contributed by atoms with E-state index < -0.39 is 0 Å². The molecule has 1 heterocycles. The first-order chi connectivity index (χ1) is 7.19. The van der Waals surface area contributed by atoms with Gasteiger partial charge in [-0.2, -0.15) is 5.10 Å². The van der Waals surface area contributed by atoms with Gasteiger partial charge in [-0.25, -0.2) is 15.8 Å². The van der Waals surface area contributed by atoms with Gasteiger partial charge < -0.3 is 11.2 Å². The molecule has 6 heteroatoms. The summed E-state index contributed by atoms with van der Waals surface area (Å²) in [5, 5.41) is 7.95. The van der Waals surface area contributed by atoms with Crippen LogP contribution in [0.1, 0.15) is 13.8 Å². The maximum absolute atomic E-state index is 5.71. The van der Waals surface area contributed by atoms with Crippen molar-refractivity contribution in [2.75, 3.05) is 16.9 Å². The van der Waals surface area contributed by atoms with Gasteiger partial charge in [-0.3, -0.25) is 0 Å². The van der Waals surface area contributed by atoms with Crippen LogP contribution in [0.4, 0.5) is 11.5 Å². The quantitative estimate of drug-likeness (QED) is 0.291. The number of hydrazine groups is 1. The molecular formula is C9H16N6. The number of rotatable bonds is 3. The fourth-order valence-corrected chi connectivity index (χ4v) is 1.07. The average Bonchev–Trinajstić information content (AvgIpc) is 2.28. The summed E-state index contributed by atoms with van der Waals surface area (Å²) in [5.41, 5.74) is 0.956. The number of anilines is 2. The molecule has 5 N–H and O–H groups in total. The maximum atomic E-state index is 5.71. The monoisotopic (exact) mass is 208 g/mol. The minimum absolute atomic E-state index is 0.499. The third kappa shape index (κ3) is 2.81. The Balaban J connectivity index is 2.79. The van der Waals surface area contributed by atoms with Gasteiger partial charge in [0, 0.05) is 6.54 Å². The van der Waals surface area contributed by atoms with Crippen molar-refractivity contribution in [3.63, 3.8) is 0 Å². The Bertz CT molecular complexity index is 331. The molecule has 1 aromatic rings. The molecule has 0 radical (unpaired) electrons. The number of pyridine rings is 1. The zero-order valence-electron chi connectivity index (χ0n) is 8.94. The second-order valence-electron chi connectivity index (χ2n) is 2.98. The van der Waals surface area contributed by atoms with Crippen molar-refractivity contribution < 1.29 is 0 Å². The van der Waals surface area contributed by atoms with Crippen molar-refractivity contribution in [1.29, 1.82) is 0 Å². The van der Waals surface area contributed by atoms with Gasteiger partial charge in [0.05, 0.1) is 11.9 Å². The van der Waals surface area contributed by atoms with Crippen molar-refractivity contribution >= 4 is 17.3 Å². The summed E-state index contributed by atoms with van der Waals surface area (Å²) in [4.78, 5) is 4.17. The topological polar surface area (TPSA) is 92.6 Å². The Morgan fingerprint density at radius 3 is 2.80 bits per heavy atom. The SMILES string of the molecule is CCNc1ccc(N(N)/C(C)=N\N)nc1. The Morgan fingerprint density at radius 2 is 2.33 bits per heavy atom. The summed E-state index contributed by atoms with van der Waals surface area (Å²) in [5.74, 6) is 11.9. The zero-order valence-corrected chi connectivity index (χ0v) is 8.94. The van der Waals surface area contributed by atoms with Gasteiger partial charge in [-0.1, -0.05) is 0 Å². The second-order valence-corrected chi connectivity index (χ2v) is 2.98. The molecule has 0 amide bonds. The van der Waals surface area contributed by atoms with Crippen molar-refractivity contribution in [1.82, 2.24) is 4.98 Å². The molecule has 0 spiro atoms. The first-order valence-electron chi connectivity index (χ1n) is 4.68. The van der Waals surface area contributed by atoms with E-state index in [-0.39, 0.29) is 0 Å². The average molecular weight is 208 g/mol. The highest BCUT2D eigenvalue weighted by Crippen LogP contribution is 2.11. The normalized spacial score (nSPS) is 11.3. The largest absolute Gasteiger partial charge is 0.384 e. The summed E-state index contributed by atoms with van der Waals surface area (Å²) < 4.78 is 0. The van der Waals surface area contributed by atoms with Gasteiger partial charge in [0.25, 0.3) is 0 Å². The van der Waals surface area contributed by atoms with Gasteiger partial charge in [0.15, 0.2) is 0 Å². The molecule has 0 unspecified atom stereocenters. The van der Waals surface area contributed by atoms with Gasteiger partial charge in [-0.15, -0.1) is 0 Å². The molecule has 15 heavy (non-hydrogen) atoms. The van der Waals surface area contributed by atoms with Crippen LogP contribution in [0.3, 0.4) is 0 Å². The van der Waals surface area contributed by atoms with Crippen LogP contribution in [-0.2, 0) is 0 Å². The summed E-state index contributed by atoms with van der Waals surface area (Å²) >= 11 is 0. The maximum Gasteiger partial charge on any atom is 0.148 e. The van der Waals surface area contributed by atoms with E-state index >= 15 is 0 Å². The van der Waals surface area contributed by atoms with Crippen LogP contribution >= 0.6 is 0 Å². The standard InChI is InChI=1S/C9H16N6/c1-3-12-8-4-5-9(13-6-8)15(11)7(2)14-10/h4-6,12H,3,10-11H2,1-2H3/b14-7-. The molecule has 0 bridgehead atoms. The number of aromatic nitrogens is 1. The van der Waals surface area contributed by atoms with E-state index in [1.807, 2.05) is 13.0 Å². The van der Waals surface area contributed by atoms with Crippen LogP contribution in [-0.4, -0.2) is 17.4 Å². The first-order valence-corrected chi connectivity index (χ1v) is 4.68. The van der Waals surface area contributed by atoms with Crippen LogP contribution in [0, 0.1) is 0 Å². The molecule has 0 aliphatic carbocycles. The minimum Gasteiger partial charge on any atom is -0.384 e. The highest BCUT2D eigenvalue weighted by Gasteiger charge is 2.05. The molecule has 0 fully saturated rings. The predicted octanol–water partition coefficient (Wildman–Crippen LogP) is 0.486. The molecule has 0 aliphatic heterocycles. The highest BCUT2D eigenvalue weighted by atomic mass is 15.5. The van der Waals surface area contributed by atoms with E-state index in [2.05, 4.69) is 15.4 Å². The third-order valence-corrected chi connectivity index (χ3v) is 1.91. The van der Waals surface area contributed by atoms with Crippen LogP contribution in [0.2, 0.25) is 0 Å². The van der Waals surface area contributed by atoms with Crippen molar-refractivity contribution in [2.24, 2.45) is 16.8 Å². The molecule has 0 saturated carbocycles. The van der Waals surface area contributed by atoms with Crippen molar-refractivity contribution in [2.45, 2.75) is 13.8 Å². The number of amidine groups is 1. The number of nitrogens with one attached hydrogen (secondary N) is 1. The van der Waals surface area contributed by atoms with Crippen LogP contribution in [0.25, 0.3) is 0 Å². The van der Waals surface area contributed by atoms with E-state index in [4.69, 9.17) is 11.7 Å². The lowest BCUT2D eigenvalue weighted by Crippen LogP contribution is -2.37. The fourth-order valence-electron chi connectivity index (χ4n) is 1.07. The van der Waals surface area contributed by atoms with E-state index in [1.54, 1.807) is 19.2 Å². The smallest absolute Gasteiger partial charge is 0.148 e. The molecule has 1 rings (SSSR count). The Kier molecular flexibility index (Phi) is 3.87. The molecule has 0 aromatic carbocycles. The number of nitrogens with two attached hydrogens (primary N) is 2. The van der Waals surface area contributed by atoms with E-state index in [0.29, 0.717) is 11.7 Å². The fraction of sp³-hybridized carbons (Fsp3) is 0.333. The lowest BCUT2D eigenvalue weighted by molar-refractivity contribution is 1.04. The Hall–Kier alpha value is -1.82. The zero-order chi connectivity index (χ0) is 11.3. The van der Waals surface area contributed by atoms with Crippen LogP contribution in [0.5, 0.6) is 0 Å². The lowest BCUT2D eigenvalue weighted by atomic mass is 10.4. The summed E-state index contributed by atoms with van der Waals surface area (Å²) in [6.07, 6.45) is 1.71. The number of hydrogen-bond acceptors (Lipinski definition) is 5. The molecule has 0 saturated heterocycles. The van der Waals surface area contributed by atoms with Crippen molar-refractivity contribution in [3.05, 3.63) is 18.3 Å². The summed E-state index contributed by atoms with van der Waals surface area (Å²) in [7, 11) is 0. The van der Waals surface area contributed by atoms with Gasteiger partial charge in [0.1, 0.15) is 11.7 Å². The number of hydrazone groups is 1. The highest BCUT2D eigenvalue weighted by molar-refractivity contribution is 5.93. The van der Waals surface area contributed by atoms with E-state index in [9.17, 15) is 0 Å². The second kappa shape index (κ2) is 5.16. The van der Waals surface area contributed by atoms with Crippen molar-refractivity contribution in [3.8, 4) is 0 Å². The summed E-state index contributed by atoms with van der Waals surface area (Å²) in [6.45, 7) is 4.59. The van der Waals surface area contributed by atoms with Gasteiger partial charge in [-0.05, 0) is 26.0 Å². The molecule has 0 aliphatic rings. The minimum atomic E-state index is 0.499. The molecule has 82 valence electrons. The van der Waals surface area contributed by atoms with Gasteiger partial charge >= 0.3 is 0 Å².